The minimum atomic E-state index is -0.549. The van der Waals surface area contributed by atoms with E-state index in [-0.39, 0.29) is 10.6 Å². The summed E-state index contributed by atoms with van der Waals surface area (Å²) in [5.41, 5.74) is 5.29. The molecule has 6 rings (SSSR count). The molecule has 4 heteroatoms. The summed E-state index contributed by atoms with van der Waals surface area (Å²) < 4.78 is 0. The third-order valence-corrected chi connectivity index (χ3v) is 6.13. The predicted octanol–water partition coefficient (Wildman–Crippen LogP) is 7.83. The Morgan fingerprint density at radius 1 is 0.613 bits per heavy atom. The number of amides is 1. The second-order valence-corrected chi connectivity index (χ2v) is 8.25. The molecule has 0 saturated heterocycles. The SMILES string of the molecule is NC(=O)c1ccc(Cl)cc1Cl.c1cc2cccc3c4cccc5cccc(c(c1)c23)c54. The van der Waals surface area contributed by atoms with Crippen molar-refractivity contribution in [3.8, 4) is 0 Å². The average molecular weight is 442 g/mol. The zero-order valence-electron chi connectivity index (χ0n) is 16.4. The van der Waals surface area contributed by atoms with Gasteiger partial charge in [0.25, 0.3) is 0 Å². The van der Waals surface area contributed by atoms with Crippen LogP contribution < -0.4 is 5.73 Å². The number of carbonyl (C=O) groups excluding carboxylic acids is 1. The number of carbonyl (C=O) groups is 1. The first kappa shape index (κ1) is 19.6. The molecule has 0 unspecified atom stereocenters. The van der Waals surface area contributed by atoms with Gasteiger partial charge in [-0.25, -0.2) is 0 Å². The highest BCUT2D eigenvalue weighted by Crippen LogP contribution is 2.39. The average Bonchev–Trinajstić information content (AvgIpc) is 2.77. The maximum Gasteiger partial charge on any atom is 0.250 e. The summed E-state index contributed by atoms with van der Waals surface area (Å²) in [4.78, 5) is 10.6. The summed E-state index contributed by atoms with van der Waals surface area (Å²) in [6.07, 6.45) is 0. The Morgan fingerprint density at radius 3 is 1.39 bits per heavy atom. The number of nitrogens with two attached hydrogens (primary N) is 1. The molecular formula is C27H17Cl2NO. The monoisotopic (exact) mass is 441 g/mol. The molecule has 31 heavy (non-hydrogen) atoms. The molecule has 0 aliphatic rings. The topological polar surface area (TPSA) is 43.1 Å². The van der Waals surface area contributed by atoms with Crippen LogP contribution in [0.15, 0.2) is 91.0 Å². The van der Waals surface area contributed by atoms with Crippen LogP contribution in [0.4, 0.5) is 0 Å². The normalized spacial score (nSPS) is 11.2. The maximum atomic E-state index is 10.6. The molecule has 1 amide bonds. The largest absolute Gasteiger partial charge is 0.366 e. The molecule has 0 bridgehead atoms. The van der Waals surface area contributed by atoms with E-state index in [9.17, 15) is 4.79 Å². The van der Waals surface area contributed by atoms with E-state index in [0.717, 1.165) is 0 Å². The fourth-order valence-electron chi connectivity index (χ4n) is 4.27. The van der Waals surface area contributed by atoms with Crippen LogP contribution in [0, 0.1) is 0 Å². The number of fused-ring (bicyclic) bond motifs is 2. The Morgan fingerprint density at radius 2 is 1.03 bits per heavy atom. The van der Waals surface area contributed by atoms with Crippen LogP contribution in [0.25, 0.3) is 43.1 Å². The van der Waals surface area contributed by atoms with Crippen molar-refractivity contribution in [2.24, 2.45) is 5.73 Å². The molecule has 0 spiro atoms. The fourth-order valence-corrected chi connectivity index (χ4v) is 4.77. The van der Waals surface area contributed by atoms with Gasteiger partial charge < -0.3 is 5.73 Å². The van der Waals surface area contributed by atoms with E-state index < -0.39 is 5.91 Å². The van der Waals surface area contributed by atoms with Crippen molar-refractivity contribution >= 4 is 72.2 Å². The van der Waals surface area contributed by atoms with Crippen molar-refractivity contribution in [2.75, 3.05) is 0 Å². The quantitative estimate of drug-likeness (QED) is 0.205. The molecule has 0 fully saturated rings. The van der Waals surface area contributed by atoms with Gasteiger partial charge in [-0.05, 0) is 61.3 Å². The Bertz CT molecular complexity index is 1420. The van der Waals surface area contributed by atoms with Crippen LogP contribution in [-0.4, -0.2) is 5.91 Å². The summed E-state index contributed by atoms with van der Waals surface area (Å²) in [6, 6.07) is 31.0. The third-order valence-electron chi connectivity index (χ3n) is 5.59. The molecule has 0 radical (unpaired) electrons. The van der Waals surface area contributed by atoms with Crippen LogP contribution in [0.2, 0.25) is 10.0 Å². The van der Waals surface area contributed by atoms with Crippen LogP contribution in [0.5, 0.6) is 0 Å². The van der Waals surface area contributed by atoms with Gasteiger partial charge in [0.2, 0.25) is 5.91 Å². The van der Waals surface area contributed by atoms with Crippen LogP contribution in [-0.2, 0) is 0 Å². The summed E-state index contributed by atoms with van der Waals surface area (Å²) in [7, 11) is 0. The van der Waals surface area contributed by atoms with Gasteiger partial charge in [0.1, 0.15) is 0 Å². The predicted molar refractivity (Wildman–Crippen MR) is 133 cm³/mol. The molecule has 6 aromatic carbocycles. The highest BCUT2D eigenvalue weighted by Gasteiger charge is 2.11. The van der Waals surface area contributed by atoms with Crippen molar-refractivity contribution in [2.45, 2.75) is 0 Å². The number of hydrogen-bond donors (Lipinski definition) is 1. The molecule has 0 aliphatic carbocycles. The van der Waals surface area contributed by atoms with Crippen molar-refractivity contribution in [1.29, 1.82) is 0 Å². The third kappa shape index (κ3) is 3.34. The molecule has 0 heterocycles. The first-order valence-electron chi connectivity index (χ1n) is 9.83. The molecule has 150 valence electrons. The van der Waals surface area contributed by atoms with E-state index in [4.69, 9.17) is 28.9 Å². The van der Waals surface area contributed by atoms with E-state index in [1.807, 2.05) is 0 Å². The lowest BCUT2D eigenvalue weighted by Crippen LogP contribution is -2.11. The van der Waals surface area contributed by atoms with Crippen molar-refractivity contribution in [3.05, 3.63) is 107 Å². The van der Waals surface area contributed by atoms with Gasteiger partial charge in [-0.3, -0.25) is 4.79 Å². The molecular weight excluding hydrogens is 425 g/mol. The van der Waals surface area contributed by atoms with Gasteiger partial charge in [-0.2, -0.15) is 0 Å². The Kier molecular flexibility index (Phi) is 4.90. The molecule has 0 aromatic heterocycles. The van der Waals surface area contributed by atoms with Crippen molar-refractivity contribution in [3.63, 3.8) is 0 Å². The lowest BCUT2D eigenvalue weighted by Gasteiger charge is -2.13. The van der Waals surface area contributed by atoms with Gasteiger partial charge in [-0.1, -0.05) is 96.0 Å². The second kappa shape index (κ2) is 7.73. The van der Waals surface area contributed by atoms with E-state index in [0.29, 0.717) is 5.02 Å². The first-order valence-corrected chi connectivity index (χ1v) is 10.6. The van der Waals surface area contributed by atoms with E-state index >= 15 is 0 Å². The van der Waals surface area contributed by atoms with Gasteiger partial charge >= 0.3 is 0 Å². The number of primary amides is 1. The van der Waals surface area contributed by atoms with E-state index in [1.54, 1.807) is 6.07 Å². The molecule has 0 atom stereocenters. The molecule has 2 nitrogen and oxygen atoms in total. The van der Waals surface area contributed by atoms with Gasteiger partial charge in [0, 0.05) is 5.02 Å². The van der Waals surface area contributed by atoms with Crippen molar-refractivity contribution < 1.29 is 4.79 Å². The van der Waals surface area contributed by atoms with E-state index in [1.165, 1.54) is 55.2 Å². The molecule has 0 aliphatic heterocycles. The molecule has 0 saturated carbocycles. The smallest absolute Gasteiger partial charge is 0.250 e. The van der Waals surface area contributed by atoms with Crippen LogP contribution in [0.3, 0.4) is 0 Å². The van der Waals surface area contributed by atoms with Crippen molar-refractivity contribution in [1.82, 2.24) is 0 Å². The summed E-state index contributed by atoms with van der Waals surface area (Å²) >= 11 is 11.2. The number of halogens is 2. The van der Waals surface area contributed by atoms with E-state index in [2.05, 4.69) is 72.8 Å². The van der Waals surface area contributed by atoms with Crippen LogP contribution in [0.1, 0.15) is 10.4 Å². The second-order valence-electron chi connectivity index (χ2n) is 7.41. The molecule has 6 aromatic rings. The number of hydrogen-bond acceptors (Lipinski definition) is 1. The summed E-state index contributed by atoms with van der Waals surface area (Å²) in [5, 5.41) is 11.7. The Balaban J connectivity index is 0.000000159. The standard InChI is InChI=1S/C20H12.C7H5Cl2NO/c1-5-13-6-2-11-17-18-12-4-8-14-7-3-10-16(20(14)18)15(9-1)19(13)17;8-4-1-2-5(7(10)11)6(9)3-4/h1-12H;1-3H,(H2,10,11). The zero-order valence-corrected chi connectivity index (χ0v) is 17.9. The van der Waals surface area contributed by atoms with Gasteiger partial charge in [-0.15, -0.1) is 0 Å². The minimum Gasteiger partial charge on any atom is -0.366 e. The fraction of sp³-hybridized carbons (Fsp3) is 0. The Labute approximate surface area is 189 Å². The van der Waals surface area contributed by atoms with Gasteiger partial charge in [0.15, 0.2) is 0 Å². The lowest BCUT2D eigenvalue weighted by molar-refractivity contribution is 0.100. The summed E-state index contributed by atoms with van der Waals surface area (Å²) in [5.74, 6) is -0.549. The zero-order chi connectivity index (χ0) is 21.5. The van der Waals surface area contributed by atoms with Gasteiger partial charge in [0.05, 0.1) is 10.6 Å². The number of rotatable bonds is 1. The Hall–Kier alpha value is -3.33. The lowest BCUT2D eigenvalue weighted by atomic mass is 9.90. The maximum absolute atomic E-state index is 10.6. The summed E-state index contributed by atoms with van der Waals surface area (Å²) in [6.45, 7) is 0. The highest BCUT2D eigenvalue weighted by atomic mass is 35.5. The molecule has 2 N–H and O–H groups in total. The minimum absolute atomic E-state index is 0.282. The first-order chi connectivity index (χ1) is 15.0. The highest BCUT2D eigenvalue weighted by molar-refractivity contribution is 6.36. The number of benzene rings is 6. The van der Waals surface area contributed by atoms with Crippen LogP contribution >= 0.6 is 23.2 Å².